The number of fused-ring (bicyclic) bond motifs is 3. The van der Waals surface area contributed by atoms with Crippen LogP contribution in [0.3, 0.4) is 0 Å². The quantitative estimate of drug-likeness (QED) is 0.214. The zero-order valence-corrected chi connectivity index (χ0v) is 27.6. The van der Waals surface area contributed by atoms with Crippen molar-refractivity contribution in [2.24, 2.45) is 17.8 Å². The Balaban J connectivity index is 1.10. The Labute approximate surface area is 271 Å². The Morgan fingerprint density at radius 2 is 1.46 bits per heavy atom. The number of unbranched alkanes of at least 4 members (excludes halogenated alkanes) is 2. The first-order valence-corrected chi connectivity index (χ1v) is 16.8. The van der Waals surface area contributed by atoms with Crippen LogP contribution < -0.4 is 29.7 Å². The average molecular weight is 634 g/mol. The van der Waals surface area contributed by atoms with Gasteiger partial charge in [0.1, 0.15) is 5.60 Å². The SMILES string of the molecule is COc1cc2c(c(OC)c1OC)-c1ccc(OC)c(=O)cc1[C@@H](NC(=O)CCCCCC(=O)OC13CC4CC(CC(C4)C1)C3)CC2. The lowest BCUT2D eigenvalue weighted by Gasteiger charge is -2.55. The average Bonchev–Trinajstić information content (AvgIpc) is 3.27. The molecular weight excluding hydrogens is 586 g/mol. The van der Waals surface area contributed by atoms with Gasteiger partial charge in [0.25, 0.3) is 0 Å². The molecule has 4 fully saturated rings. The standard InChI is InChI=1S/C37H47NO8/c1-42-30-13-11-26-27(18-29(30)39)28(12-10-25-17-31(43-2)35(44-3)36(45-4)34(25)26)38-32(40)8-6-5-7-9-33(41)46-37-19-22-14-23(20-37)16-24(15-22)21-37/h11,13,17-18,22-24,28H,5-10,12,14-16,19-21H2,1-4H3,(H,38,40)/t22?,23?,24?,28-,37?/m0/s1. The van der Waals surface area contributed by atoms with Gasteiger partial charge in [-0.1, -0.05) is 12.5 Å². The number of aryl methyl sites for hydroxylation is 1. The van der Waals surface area contributed by atoms with Crippen molar-refractivity contribution >= 4 is 11.9 Å². The first-order valence-electron chi connectivity index (χ1n) is 16.8. The third-order valence-corrected chi connectivity index (χ3v) is 10.7. The van der Waals surface area contributed by atoms with E-state index in [0.29, 0.717) is 61.3 Å². The molecule has 0 aliphatic heterocycles. The van der Waals surface area contributed by atoms with E-state index in [2.05, 4.69) is 5.32 Å². The van der Waals surface area contributed by atoms with Crippen LogP contribution in [0, 0.1) is 17.8 Å². The monoisotopic (exact) mass is 633 g/mol. The lowest BCUT2D eigenvalue weighted by molar-refractivity contribution is -0.186. The van der Waals surface area contributed by atoms with Crippen molar-refractivity contribution in [2.45, 2.75) is 95.1 Å². The van der Waals surface area contributed by atoms with Crippen LogP contribution in [0.4, 0.5) is 0 Å². The molecule has 4 bridgehead atoms. The van der Waals surface area contributed by atoms with Gasteiger partial charge in [-0.15, -0.1) is 0 Å². The molecular formula is C37H47NO8. The fourth-order valence-electron chi connectivity index (χ4n) is 9.06. The van der Waals surface area contributed by atoms with Crippen molar-refractivity contribution < 1.29 is 33.3 Å². The molecule has 248 valence electrons. The minimum atomic E-state index is -0.406. The minimum Gasteiger partial charge on any atom is -0.493 e. The van der Waals surface area contributed by atoms with Gasteiger partial charge in [0, 0.05) is 18.4 Å². The molecule has 0 saturated heterocycles. The lowest BCUT2D eigenvalue weighted by atomic mass is 9.54. The summed E-state index contributed by atoms with van der Waals surface area (Å²) in [6.07, 6.45) is 11.2. The van der Waals surface area contributed by atoms with Gasteiger partial charge in [-0.2, -0.15) is 0 Å². The molecule has 4 saturated carbocycles. The second-order valence-corrected chi connectivity index (χ2v) is 13.8. The topological polar surface area (TPSA) is 109 Å². The molecule has 0 heterocycles. The van der Waals surface area contributed by atoms with E-state index < -0.39 is 6.04 Å². The molecule has 1 atom stereocenters. The highest BCUT2D eigenvalue weighted by molar-refractivity contribution is 5.84. The third-order valence-electron chi connectivity index (χ3n) is 10.7. The van der Waals surface area contributed by atoms with E-state index >= 15 is 0 Å². The van der Waals surface area contributed by atoms with Gasteiger partial charge < -0.3 is 29.0 Å². The predicted molar refractivity (Wildman–Crippen MR) is 174 cm³/mol. The normalized spacial score (nSPS) is 25.5. The van der Waals surface area contributed by atoms with Gasteiger partial charge in [-0.25, -0.2) is 0 Å². The van der Waals surface area contributed by atoms with Gasteiger partial charge in [0.2, 0.25) is 17.1 Å². The molecule has 0 aromatic heterocycles. The summed E-state index contributed by atoms with van der Waals surface area (Å²) >= 11 is 0. The van der Waals surface area contributed by atoms with Crippen molar-refractivity contribution in [2.75, 3.05) is 28.4 Å². The van der Waals surface area contributed by atoms with E-state index in [4.69, 9.17) is 23.7 Å². The second-order valence-electron chi connectivity index (χ2n) is 13.8. The highest BCUT2D eigenvalue weighted by Crippen LogP contribution is 2.57. The molecule has 7 rings (SSSR count). The summed E-state index contributed by atoms with van der Waals surface area (Å²) in [6, 6.07) is 6.58. The Kier molecular flexibility index (Phi) is 9.48. The number of hydrogen-bond donors (Lipinski definition) is 1. The van der Waals surface area contributed by atoms with Crippen LogP contribution in [-0.4, -0.2) is 45.9 Å². The van der Waals surface area contributed by atoms with Crippen LogP contribution >= 0.6 is 0 Å². The number of amides is 1. The summed E-state index contributed by atoms with van der Waals surface area (Å²) < 4.78 is 28.6. The lowest BCUT2D eigenvalue weighted by Crippen LogP contribution is -2.52. The number of nitrogens with one attached hydrogen (secondary N) is 1. The van der Waals surface area contributed by atoms with Gasteiger partial charge in [-0.3, -0.25) is 14.4 Å². The Morgan fingerprint density at radius 3 is 2.09 bits per heavy atom. The minimum absolute atomic E-state index is 0.0820. The van der Waals surface area contributed by atoms with Crippen molar-refractivity contribution in [1.82, 2.24) is 5.32 Å². The molecule has 5 aliphatic carbocycles. The van der Waals surface area contributed by atoms with Crippen LogP contribution in [0.15, 0.2) is 29.1 Å². The molecule has 0 radical (unpaired) electrons. The summed E-state index contributed by atoms with van der Waals surface area (Å²) in [6.45, 7) is 0. The summed E-state index contributed by atoms with van der Waals surface area (Å²) in [7, 11) is 6.18. The smallest absolute Gasteiger partial charge is 0.306 e. The Morgan fingerprint density at radius 1 is 0.804 bits per heavy atom. The van der Waals surface area contributed by atoms with Crippen LogP contribution in [0.25, 0.3) is 11.1 Å². The fourth-order valence-corrected chi connectivity index (χ4v) is 9.06. The van der Waals surface area contributed by atoms with E-state index in [9.17, 15) is 14.4 Å². The van der Waals surface area contributed by atoms with Crippen molar-refractivity contribution in [3.8, 4) is 34.1 Å². The highest BCUT2D eigenvalue weighted by Gasteiger charge is 2.53. The summed E-state index contributed by atoms with van der Waals surface area (Å²) in [5, 5.41) is 3.19. The van der Waals surface area contributed by atoms with Crippen LogP contribution in [-0.2, 0) is 20.7 Å². The van der Waals surface area contributed by atoms with Gasteiger partial charge in [0.15, 0.2) is 17.2 Å². The molecule has 5 aliphatic rings. The molecule has 1 N–H and O–H groups in total. The van der Waals surface area contributed by atoms with Gasteiger partial charge >= 0.3 is 5.97 Å². The van der Waals surface area contributed by atoms with Gasteiger partial charge in [0.05, 0.1) is 34.5 Å². The number of carbonyl (C=O) groups excluding carboxylic acids is 2. The zero-order chi connectivity index (χ0) is 32.4. The summed E-state index contributed by atoms with van der Waals surface area (Å²) in [4.78, 5) is 39.2. The van der Waals surface area contributed by atoms with E-state index in [1.807, 2.05) is 12.1 Å². The van der Waals surface area contributed by atoms with Crippen molar-refractivity contribution in [3.05, 3.63) is 45.6 Å². The predicted octanol–water partition coefficient (Wildman–Crippen LogP) is 6.31. The number of ether oxygens (including phenoxy) is 5. The molecule has 0 unspecified atom stereocenters. The Hall–Kier alpha value is -3.75. The van der Waals surface area contributed by atoms with E-state index in [-0.39, 0.29) is 28.7 Å². The molecule has 9 nitrogen and oxygen atoms in total. The molecule has 0 spiro atoms. The molecule has 46 heavy (non-hydrogen) atoms. The maximum absolute atomic E-state index is 13.3. The van der Waals surface area contributed by atoms with Crippen molar-refractivity contribution in [1.29, 1.82) is 0 Å². The largest absolute Gasteiger partial charge is 0.493 e. The highest BCUT2D eigenvalue weighted by atomic mass is 16.6. The maximum Gasteiger partial charge on any atom is 0.306 e. The summed E-state index contributed by atoms with van der Waals surface area (Å²) in [5.41, 5.74) is 2.74. The number of benzene rings is 1. The molecule has 1 amide bonds. The third kappa shape index (κ3) is 6.42. The zero-order valence-electron chi connectivity index (χ0n) is 27.6. The second kappa shape index (κ2) is 13.5. The number of carbonyl (C=O) groups is 2. The van der Waals surface area contributed by atoms with Crippen molar-refractivity contribution in [3.63, 3.8) is 0 Å². The maximum atomic E-state index is 13.3. The van der Waals surface area contributed by atoms with Crippen LogP contribution in [0.5, 0.6) is 23.0 Å². The Bertz CT molecular complexity index is 1500. The number of methoxy groups -OCH3 is 4. The molecule has 2 aromatic rings. The van der Waals surface area contributed by atoms with E-state index in [0.717, 1.165) is 60.1 Å². The number of rotatable bonds is 12. The first-order chi connectivity index (χ1) is 22.3. The summed E-state index contributed by atoms with van der Waals surface area (Å²) in [5.74, 6) is 3.77. The number of esters is 1. The number of hydrogen-bond acceptors (Lipinski definition) is 8. The van der Waals surface area contributed by atoms with Crippen LogP contribution in [0.1, 0.15) is 94.2 Å². The van der Waals surface area contributed by atoms with E-state index in [1.165, 1.54) is 26.4 Å². The first kappa shape index (κ1) is 32.2. The molecule has 2 aromatic carbocycles. The molecule has 9 heteroatoms. The van der Waals surface area contributed by atoms with Crippen LogP contribution in [0.2, 0.25) is 0 Å². The van der Waals surface area contributed by atoms with E-state index in [1.54, 1.807) is 33.5 Å². The van der Waals surface area contributed by atoms with Gasteiger partial charge in [-0.05, 0) is 117 Å². The fraction of sp³-hybridized carbons (Fsp3) is 0.595.